The van der Waals surface area contributed by atoms with Crippen LogP contribution in [0.2, 0.25) is 0 Å². The van der Waals surface area contributed by atoms with Gasteiger partial charge in [-0.2, -0.15) is 13.2 Å². The molecule has 1 saturated heterocycles. The van der Waals surface area contributed by atoms with Gasteiger partial charge in [0.2, 0.25) is 0 Å². The molecule has 0 amide bonds. The minimum atomic E-state index is -4.35. The number of rotatable bonds is 7. The molecule has 186 valence electrons. The number of halogens is 3. The molecule has 0 bridgehead atoms. The first-order valence-corrected chi connectivity index (χ1v) is 11.6. The van der Waals surface area contributed by atoms with E-state index in [-0.39, 0.29) is 6.04 Å². The molecule has 1 aliphatic heterocycles. The van der Waals surface area contributed by atoms with Crippen LogP contribution in [0.25, 0.3) is 11.3 Å². The Morgan fingerprint density at radius 3 is 2.34 bits per heavy atom. The highest BCUT2D eigenvalue weighted by atomic mass is 19.4. The van der Waals surface area contributed by atoms with Crippen LogP contribution < -0.4 is 19.7 Å². The first-order chi connectivity index (χ1) is 16.8. The molecular formula is C27H30F3N3O2. The summed E-state index contributed by atoms with van der Waals surface area (Å²) in [6.45, 7) is 4.29. The molecule has 0 spiro atoms. The molecule has 1 aromatic heterocycles. The predicted molar refractivity (Wildman–Crippen MR) is 131 cm³/mol. The van der Waals surface area contributed by atoms with E-state index in [0.717, 1.165) is 66.1 Å². The molecule has 2 heterocycles. The molecule has 1 aliphatic rings. The number of nitrogens with zero attached hydrogens (tertiary/aromatic N) is 2. The molecule has 3 aromatic rings. The molecule has 0 saturated carbocycles. The van der Waals surface area contributed by atoms with Gasteiger partial charge in [-0.3, -0.25) is 4.98 Å². The Bertz CT molecular complexity index is 1140. The number of nitrogens with one attached hydrogen (secondary N) is 1. The number of methoxy groups -OCH3 is 2. The third-order valence-corrected chi connectivity index (χ3v) is 6.41. The fourth-order valence-electron chi connectivity index (χ4n) is 4.62. The summed E-state index contributed by atoms with van der Waals surface area (Å²) in [5.41, 5.74) is 3.82. The standard InChI is InChI=1S/C27H30F3N3O2/c1-18-14-20(16-25(34-2)26(18)35-3)24-15-19(8-13-32-24)17-33(23-9-11-31-12-10-23)22-6-4-21(5-7-22)27(28,29)30/h4-8,13-16,23,31H,9-12,17H2,1-3H3. The highest BCUT2D eigenvalue weighted by molar-refractivity contribution is 5.67. The van der Waals surface area contributed by atoms with Crippen molar-refractivity contribution >= 4 is 5.69 Å². The van der Waals surface area contributed by atoms with Crippen LogP contribution in [-0.4, -0.2) is 38.3 Å². The number of aryl methyl sites for hydroxylation is 1. The largest absolute Gasteiger partial charge is 0.493 e. The second kappa shape index (κ2) is 10.6. The summed E-state index contributed by atoms with van der Waals surface area (Å²) in [5.74, 6) is 1.32. The van der Waals surface area contributed by atoms with Crippen LogP contribution in [0, 0.1) is 6.92 Å². The zero-order valence-corrected chi connectivity index (χ0v) is 20.2. The lowest BCUT2D eigenvalue weighted by Gasteiger charge is -2.36. The van der Waals surface area contributed by atoms with E-state index in [9.17, 15) is 13.2 Å². The van der Waals surface area contributed by atoms with Gasteiger partial charge in [0, 0.05) is 30.0 Å². The van der Waals surface area contributed by atoms with Crippen molar-refractivity contribution in [3.63, 3.8) is 0 Å². The number of aromatic nitrogens is 1. The molecule has 0 atom stereocenters. The fraction of sp³-hybridized carbons (Fsp3) is 0.370. The lowest BCUT2D eigenvalue weighted by atomic mass is 10.0. The van der Waals surface area contributed by atoms with Crippen LogP contribution >= 0.6 is 0 Å². The minimum absolute atomic E-state index is 0.230. The summed E-state index contributed by atoms with van der Waals surface area (Å²) in [4.78, 5) is 6.77. The van der Waals surface area contributed by atoms with E-state index < -0.39 is 11.7 Å². The first-order valence-electron chi connectivity index (χ1n) is 11.6. The lowest BCUT2D eigenvalue weighted by Crippen LogP contribution is -2.43. The molecule has 4 rings (SSSR count). The Balaban J connectivity index is 1.65. The maximum atomic E-state index is 13.1. The number of alkyl halides is 3. The van der Waals surface area contributed by atoms with Gasteiger partial charge in [0.1, 0.15) is 0 Å². The van der Waals surface area contributed by atoms with Crippen LogP contribution in [-0.2, 0) is 12.7 Å². The van der Waals surface area contributed by atoms with Crippen LogP contribution in [0.15, 0.2) is 54.7 Å². The number of benzene rings is 2. The van der Waals surface area contributed by atoms with Crippen molar-refractivity contribution in [3.05, 3.63) is 71.4 Å². The summed E-state index contributed by atoms with van der Waals surface area (Å²) in [5, 5.41) is 3.36. The van der Waals surface area contributed by atoms with Crippen molar-refractivity contribution in [1.82, 2.24) is 10.3 Å². The molecule has 0 radical (unpaired) electrons. The van der Waals surface area contributed by atoms with Gasteiger partial charge in [0.25, 0.3) is 0 Å². The van der Waals surface area contributed by atoms with Gasteiger partial charge in [-0.25, -0.2) is 0 Å². The van der Waals surface area contributed by atoms with Crippen molar-refractivity contribution in [3.8, 4) is 22.8 Å². The fourth-order valence-corrected chi connectivity index (χ4v) is 4.62. The third kappa shape index (κ3) is 5.70. The summed E-state index contributed by atoms with van der Waals surface area (Å²) >= 11 is 0. The number of anilines is 1. The summed E-state index contributed by atoms with van der Waals surface area (Å²) in [6, 6.07) is 13.6. The van der Waals surface area contributed by atoms with Crippen molar-refractivity contribution in [1.29, 1.82) is 0 Å². The average Bonchev–Trinajstić information content (AvgIpc) is 2.87. The topological polar surface area (TPSA) is 46.6 Å². The van der Waals surface area contributed by atoms with Crippen molar-refractivity contribution in [2.24, 2.45) is 0 Å². The third-order valence-electron chi connectivity index (χ3n) is 6.41. The van der Waals surface area contributed by atoms with E-state index in [1.54, 1.807) is 32.5 Å². The van der Waals surface area contributed by atoms with E-state index in [2.05, 4.69) is 15.2 Å². The Labute approximate surface area is 203 Å². The van der Waals surface area contributed by atoms with Gasteiger partial charge in [0.05, 0.1) is 25.5 Å². The molecular weight excluding hydrogens is 455 g/mol. The van der Waals surface area contributed by atoms with Crippen molar-refractivity contribution in [2.75, 3.05) is 32.2 Å². The smallest absolute Gasteiger partial charge is 0.416 e. The van der Waals surface area contributed by atoms with E-state index in [4.69, 9.17) is 9.47 Å². The van der Waals surface area contributed by atoms with Gasteiger partial charge in [0.15, 0.2) is 11.5 Å². The Morgan fingerprint density at radius 1 is 1.00 bits per heavy atom. The molecule has 5 nitrogen and oxygen atoms in total. The summed E-state index contributed by atoms with van der Waals surface area (Å²) < 4.78 is 50.3. The quantitative estimate of drug-likeness (QED) is 0.455. The molecule has 2 aromatic carbocycles. The zero-order valence-electron chi connectivity index (χ0n) is 20.2. The monoisotopic (exact) mass is 485 g/mol. The highest BCUT2D eigenvalue weighted by Gasteiger charge is 2.30. The second-order valence-corrected chi connectivity index (χ2v) is 8.73. The predicted octanol–water partition coefficient (Wildman–Crippen LogP) is 5.85. The number of ether oxygens (including phenoxy) is 2. The Kier molecular flexibility index (Phi) is 7.50. The van der Waals surface area contributed by atoms with Gasteiger partial charge in [-0.1, -0.05) is 0 Å². The highest BCUT2D eigenvalue weighted by Crippen LogP contribution is 2.36. The Morgan fingerprint density at radius 2 is 1.71 bits per heavy atom. The summed E-state index contributed by atoms with van der Waals surface area (Å²) in [6.07, 6.45) is -0.735. The van der Waals surface area contributed by atoms with Crippen LogP contribution in [0.3, 0.4) is 0 Å². The number of hydrogen-bond acceptors (Lipinski definition) is 5. The van der Waals surface area contributed by atoms with Crippen molar-refractivity contribution in [2.45, 2.75) is 38.5 Å². The minimum Gasteiger partial charge on any atom is -0.493 e. The molecule has 1 N–H and O–H groups in total. The van der Waals surface area contributed by atoms with Gasteiger partial charge < -0.3 is 19.7 Å². The Hall–Kier alpha value is -3.26. The second-order valence-electron chi connectivity index (χ2n) is 8.73. The summed E-state index contributed by atoms with van der Waals surface area (Å²) in [7, 11) is 3.21. The van der Waals surface area contributed by atoms with E-state index >= 15 is 0 Å². The van der Waals surface area contributed by atoms with E-state index in [1.165, 1.54) is 0 Å². The SMILES string of the molecule is COc1cc(-c2cc(CN(c3ccc(C(F)(F)F)cc3)C3CCNCC3)ccn2)cc(C)c1OC. The van der Waals surface area contributed by atoms with Crippen LogP contribution in [0.1, 0.15) is 29.5 Å². The first kappa shape index (κ1) is 24.9. The number of pyridine rings is 1. The van der Waals surface area contributed by atoms with Gasteiger partial charge in [-0.05, 0) is 92.5 Å². The van der Waals surface area contributed by atoms with Gasteiger partial charge >= 0.3 is 6.18 Å². The van der Waals surface area contributed by atoms with Crippen LogP contribution in [0.4, 0.5) is 18.9 Å². The van der Waals surface area contributed by atoms with Crippen molar-refractivity contribution < 1.29 is 22.6 Å². The van der Waals surface area contributed by atoms with E-state index in [0.29, 0.717) is 18.0 Å². The lowest BCUT2D eigenvalue weighted by molar-refractivity contribution is -0.137. The van der Waals surface area contributed by atoms with E-state index in [1.807, 2.05) is 31.2 Å². The van der Waals surface area contributed by atoms with Crippen LogP contribution in [0.5, 0.6) is 11.5 Å². The maximum absolute atomic E-state index is 13.1. The molecule has 0 aliphatic carbocycles. The zero-order chi connectivity index (χ0) is 25.0. The maximum Gasteiger partial charge on any atom is 0.416 e. The normalized spacial score (nSPS) is 14.6. The molecule has 8 heteroatoms. The number of piperidine rings is 1. The van der Waals surface area contributed by atoms with Gasteiger partial charge in [-0.15, -0.1) is 0 Å². The molecule has 35 heavy (non-hydrogen) atoms. The average molecular weight is 486 g/mol. The molecule has 0 unspecified atom stereocenters. The molecule has 1 fully saturated rings. The number of hydrogen-bond donors (Lipinski definition) is 1.